The van der Waals surface area contributed by atoms with Gasteiger partial charge < -0.3 is 10.8 Å². The maximum atomic E-state index is 10.4. The lowest BCUT2D eigenvalue weighted by Crippen LogP contribution is -2.06. The first kappa shape index (κ1) is 12.5. The van der Waals surface area contributed by atoms with Gasteiger partial charge in [0.15, 0.2) is 0 Å². The molecule has 1 aromatic rings. The molecule has 0 saturated heterocycles. The molecule has 7 heteroatoms. The molecule has 0 saturated carbocycles. The number of aromatic hydroxyl groups is 1. The maximum Gasteiger partial charge on any atom is 0.266 e. The monoisotopic (exact) mass is 244 g/mol. The Kier molecular flexibility index (Phi) is 3.86. The zero-order chi connectivity index (χ0) is 12.2. The number of rotatable bonds is 4. The van der Waals surface area contributed by atoms with Crippen LogP contribution >= 0.6 is 0 Å². The molecule has 88 valence electrons. The van der Waals surface area contributed by atoms with E-state index in [4.69, 9.17) is 10.3 Å². The molecule has 0 radical (unpaired) electrons. The van der Waals surface area contributed by atoms with Crippen LogP contribution in [0.3, 0.4) is 0 Å². The van der Waals surface area contributed by atoms with Crippen molar-refractivity contribution >= 4 is 22.0 Å². The van der Waals surface area contributed by atoms with E-state index in [1.165, 1.54) is 24.4 Å². The molecule has 0 spiro atoms. The van der Waals surface area contributed by atoms with E-state index in [1.807, 2.05) is 0 Å². The molecule has 1 aromatic carbocycles. The fourth-order valence-electron chi connectivity index (χ4n) is 1.01. The second-order valence-corrected chi connectivity index (χ2v) is 4.71. The standard InChI is InChI=1S/C9H12N2O4S/c10-8-1-2-9(12)7(5-8)6-11-3-4-16(13,14)15/h1-2,5-6,12H,3-4,10H2,(H,13,14,15). The van der Waals surface area contributed by atoms with Crippen molar-refractivity contribution in [3.63, 3.8) is 0 Å². The molecule has 0 aliphatic heterocycles. The Morgan fingerprint density at radius 1 is 1.44 bits per heavy atom. The third kappa shape index (κ3) is 4.28. The molecule has 4 N–H and O–H groups in total. The quantitative estimate of drug-likeness (QED) is 0.305. The van der Waals surface area contributed by atoms with Gasteiger partial charge in [0.1, 0.15) is 5.75 Å². The fourth-order valence-corrected chi connectivity index (χ4v) is 1.34. The Labute approximate surface area is 93.2 Å². The van der Waals surface area contributed by atoms with Crippen LogP contribution in [0.4, 0.5) is 5.69 Å². The summed E-state index contributed by atoms with van der Waals surface area (Å²) in [6.07, 6.45) is 1.30. The van der Waals surface area contributed by atoms with Gasteiger partial charge in [-0.2, -0.15) is 8.42 Å². The van der Waals surface area contributed by atoms with Crippen LogP contribution in [0.25, 0.3) is 0 Å². The topological polar surface area (TPSA) is 113 Å². The lowest BCUT2D eigenvalue weighted by Gasteiger charge is -1.99. The molecule has 0 unspecified atom stereocenters. The van der Waals surface area contributed by atoms with Crippen molar-refractivity contribution in [3.05, 3.63) is 23.8 Å². The summed E-state index contributed by atoms with van der Waals surface area (Å²) in [6.45, 7) is -0.0763. The second-order valence-electron chi connectivity index (χ2n) is 3.14. The van der Waals surface area contributed by atoms with Crippen LogP contribution in [0, 0.1) is 0 Å². The highest BCUT2D eigenvalue weighted by Crippen LogP contribution is 2.17. The minimum Gasteiger partial charge on any atom is -0.507 e. The highest BCUT2D eigenvalue weighted by molar-refractivity contribution is 7.85. The Hall–Kier alpha value is -1.60. The van der Waals surface area contributed by atoms with Gasteiger partial charge in [-0.05, 0) is 18.2 Å². The van der Waals surface area contributed by atoms with E-state index < -0.39 is 15.9 Å². The minimum atomic E-state index is -4.00. The number of nitrogen functional groups attached to an aromatic ring is 1. The van der Waals surface area contributed by atoms with Crippen LogP contribution in [-0.2, 0) is 10.1 Å². The van der Waals surface area contributed by atoms with E-state index >= 15 is 0 Å². The average Bonchev–Trinajstić information content (AvgIpc) is 2.16. The molecule has 1 rings (SSSR count). The number of hydrogen-bond acceptors (Lipinski definition) is 5. The van der Waals surface area contributed by atoms with E-state index in [0.717, 1.165) is 0 Å². The molecule has 0 amide bonds. The van der Waals surface area contributed by atoms with Crippen molar-refractivity contribution in [2.45, 2.75) is 0 Å². The molecule has 0 atom stereocenters. The van der Waals surface area contributed by atoms with Crippen molar-refractivity contribution in [2.75, 3.05) is 18.0 Å². The zero-order valence-corrected chi connectivity index (χ0v) is 9.18. The SMILES string of the molecule is Nc1ccc(O)c(C=NCCS(=O)(=O)O)c1. The largest absolute Gasteiger partial charge is 0.507 e. The van der Waals surface area contributed by atoms with Crippen LogP contribution in [0.2, 0.25) is 0 Å². The Morgan fingerprint density at radius 3 is 2.75 bits per heavy atom. The summed E-state index contributed by atoms with van der Waals surface area (Å²) in [7, 11) is -4.00. The smallest absolute Gasteiger partial charge is 0.266 e. The summed E-state index contributed by atoms with van der Waals surface area (Å²) in [5.74, 6) is -0.447. The Morgan fingerprint density at radius 2 is 2.12 bits per heavy atom. The predicted octanol–water partition coefficient (Wildman–Crippen LogP) is 0.281. The third-order valence-electron chi connectivity index (χ3n) is 1.76. The molecule has 16 heavy (non-hydrogen) atoms. The van der Waals surface area contributed by atoms with Crippen molar-refractivity contribution in [2.24, 2.45) is 4.99 Å². The third-order valence-corrected chi connectivity index (χ3v) is 2.46. The van der Waals surface area contributed by atoms with Crippen molar-refractivity contribution in [1.29, 1.82) is 0 Å². The van der Waals surface area contributed by atoms with Crippen molar-refractivity contribution < 1.29 is 18.1 Å². The first-order valence-corrected chi connectivity index (χ1v) is 6.03. The maximum absolute atomic E-state index is 10.4. The molecule has 0 aromatic heterocycles. The summed E-state index contributed by atoms with van der Waals surface area (Å²) < 4.78 is 29.2. The van der Waals surface area contributed by atoms with E-state index in [9.17, 15) is 13.5 Å². The number of hydrogen-bond donors (Lipinski definition) is 3. The molecule has 0 aliphatic rings. The van der Waals surface area contributed by atoms with E-state index in [1.54, 1.807) is 0 Å². The van der Waals surface area contributed by atoms with Crippen LogP contribution in [0.1, 0.15) is 5.56 Å². The zero-order valence-electron chi connectivity index (χ0n) is 8.37. The lowest BCUT2D eigenvalue weighted by atomic mass is 10.2. The predicted molar refractivity (Wildman–Crippen MR) is 61.4 cm³/mol. The molecule has 0 aliphatic carbocycles. The van der Waals surface area contributed by atoms with Gasteiger partial charge in [-0.3, -0.25) is 9.55 Å². The van der Waals surface area contributed by atoms with E-state index in [-0.39, 0.29) is 12.3 Å². The first-order valence-electron chi connectivity index (χ1n) is 4.42. The van der Waals surface area contributed by atoms with Gasteiger partial charge in [0.25, 0.3) is 10.1 Å². The molecule has 0 fully saturated rings. The van der Waals surface area contributed by atoms with Crippen molar-refractivity contribution in [3.8, 4) is 5.75 Å². The summed E-state index contributed by atoms with van der Waals surface area (Å²) in [5, 5.41) is 9.38. The Balaban J connectivity index is 2.66. The van der Waals surface area contributed by atoms with E-state index in [2.05, 4.69) is 4.99 Å². The number of phenolic OH excluding ortho intramolecular Hbond substituents is 1. The molecule has 6 nitrogen and oxygen atoms in total. The van der Waals surface area contributed by atoms with Crippen molar-refractivity contribution in [1.82, 2.24) is 0 Å². The van der Waals surface area contributed by atoms with Gasteiger partial charge >= 0.3 is 0 Å². The fraction of sp³-hybridized carbons (Fsp3) is 0.222. The summed E-state index contributed by atoms with van der Waals surface area (Å²) in [4.78, 5) is 3.75. The molecular weight excluding hydrogens is 232 g/mol. The highest BCUT2D eigenvalue weighted by atomic mass is 32.2. The van der Waals surface area contributed by atoms with Gasteiger partial charge in [0.05, 0.1) is 12.3 Å². The van der Waals surface area contributed by atoms with Gasteiger partial charge in [0.2, 0.25) is 0 Å². The van der Waals surface area contributed by atoms with Gasteiger partial charge in [0, 0.05) is 17.5 Å². The molecule has 0 heterocycles. The number of nitrogens with zero attached hydrogens (tertiary/aromatic N) is 1. The first-order chi connectivity index (χ1) is 7.38. The Bertz CT molecular complexity index is 496. The lowest BCUT2D eigenvalue weighted by molar-refractivity contribution is 0.474. The number of anilines is 1. The van der Waals surface area contributed by atoms with Crippen LogP contribution < -0.4 is 5.73 Å². The summed E-state index contributed by atoms with van der Waals surface area (Å²) in [6, 6.07) is 4.45. The normalized spacial score (nSPS) is 12.1. The van der Waals surface area contributed by atoms with Gasteiger partial charge in [-0.25, -0.2) is 0 Å². The summed E-state index contributed by atoms with van der Waals surface area (Å²) >= 11 is 0. The highest BCUT2D eigenvalue weighted by Gasteiger charge is 2.02. The van der Waals surface area contributed by atoms with Gasteiger partial charge in [-0.15, -0.1) is 0 Å². The van der Waals surface area contributed by atoms with E-state index in [0.29, 0.717) is 11.3 Å². The number of benzene rings is 1. The molecular formula is C9H12N2O4S. The van der Waals surface area contributed by atoms with Crippen LogP contribution in [0.5, 0.6) is 5.75 Å². The number of phenols is 1. The minimum absolute atomic E-state index is 0.00445. The second kappa shape index (κ2) is 4.95. The van der Waals surface area contributed by atoms with Crippen LogP contribution in [0.15, 0.2) is 23.2 Å². The number of aliphatic imine (C=N–C) groups is 1. The average molecular weight is 244 g/mol. The summed E-state index contributed by atoms with van der Waals surface area (Å²) in [5.41, 5.74) is 6.36. The molecule has 0 bridgehead atoms. The van der Waals surface area contributed by atoms with Gasteiger partial charge in [-0.1, -0.05) is 0 Å². The number of nitrogens with two attached hydrogens (primary N) is 1. The van der Waals surface area contributed by atoms with Crippen LogP contribution in [-0.4, -0.2) is 36.6 Å².